The van der Waals surface area contributed by atoms with Gasteiger partial charge < -0.3 is 19.7 Å². The van der Waals surface area contributed by atoms with Crippen LogP contribution in [0.3, 0.4) is 0 Å². The van der Waals surface area contributed by atoms with Crippen LogP contribution in [-0.2, 0) is 9.53 Å². The minimum Gasteiger partial charge on any atom is -0.434 e. The van der Waals surface area contributed by atoms with E-state index in [1.807, 2.05) is 0 Å². The van der Waals surface area contributed by atoms with Crippen molar-refractivity contribution in [2.24, 2.45) is 0 Å². The molecule has 6 rings (SSSR count). The number of halogens is 3. The number of alkyl halides is 2. The quantitative estimate of drug-likeness (QED) is 0.380. The predicted octanol–water partition coefficient (Wildman–Crippen LogP) is 3.27. The fourth-order valence-electron chi connectivity index (χ4n) is 4.60. The van der Waals surface area contributed by atoms with Gasteiger partial charge in [0.05, 0.1) is 37.3 Å². The van der Waals surface area contributed by atoms with Crippen molar-refractivity contribution in [1.82, 2.24) is 29.3 Å². The Bertz CT molecular complexity index is 1540. The van der Waals surface area contributed by atoms with Crippen LogP contribution in [-0.4, -0.2) is 73.5 Å². The summed E-state index contributed by atoms with van der Waals surface area (Å²) in [6, 6.07) is 5.16. The number of rotatable bonds is 7. The predicted molar refractivity (Wildman–Crippen MR) is 130 cm³/mol. The Morgan fingerprint density at radius 1 is 1.29 bits per heavy atom. The van der Waals surface area contributed by atoms with Crippen LogP contribution >= 0.6 is 11.6 Å². The van der Waals surface area contributed by atoms with Crippen LogP contribution < -0.4 is 10.1 Å². The van der Waals surface area contributed by atoms with Crippen molar-refractivity contribution in [3.05, 3.63) is 59.6 Å². The van der Waals surface area contributed by atoms with E-state index in [2.05, 4.69) is 20.5 Å². The van der Waals surface area contributed by atoms with Gasteiger partial charge in [-0.05, 0) is 30.7 Å². The molecule has 2 aliphatic rings. The molecule has 11 nitrogen and oxygen atoms in total. The summed E-state index contributed by atoms with van der Waals surface area (Å²) in [7, 11) is 0. The zero-order chi connectivity index (χ0) is 26.4. The van der Waals surface area contributed by atoms with Gasteiger partial charge in [-0.1, -0.05) is 11.6 Å². The summed E-state index contributed by atoms with van der Waals surface area (Å²) in [5.74, 6) is -0.871. The van der Waals surface area contributed by atoms with Crippen LogP contribution in [0.1, 0.15) is 22.8 Å². The fraction of sp³-hybridized carbons (Fsp3) is 0.292. The standard InChI is InChI=1S/C24H20ClF2N7O4/c25-13-2-3-19(38-24(26)27)15(8-13)20-17(30-22(35)16-9-29-33-6-1-5-28-21(16)33)10-34(31-20)18-4-7-32(23(18)36)14-11-37-12-14/h1-3,5-6,8-10,14,18,24H,4,7,11-12H2,(H,30,35)/t18-/m1/s1. The van der Waals surface area contributed by atoms with Crippen LogP contribution in [0.4, 0.5) is 14.5 Å². The third-order valence-corrected chi connectivity index (χ3v) is 6.74. The topological polar surface area (TPSA) is 116 Å². The molecular formula is C24H20ClF2N7O4. The molecule has 5 heterocycles. The van der Waals surface area contributed by atoms with Crippen molar-refractivity contribution in [2.75, 3.05) is 25.1 Å². The maximum atomic E-state index is 13.3. The number of carbonyl (C=O) groups excluding carboxylic acids is 2. The Kier molecular flexibility index (Phi) is 6.16. The molecule has 196 valence electrons. The van der Waals surface area contributed by atoms with E-state index in [9.17, 15) is 18.4 Å². The number of anilines is 1. The first-order valence-corrected chi connectivity index (χ1v) is 12.1. The lowest BCUT2D eigenvalue weighted by atomic mass is 10.1. The molecule has 1 N–H and O–H groups in total. The highest BCUT2D eigenvalue weighted by molar-refractivity contribution is 6.31. The van der Waals surface area contributed by atoms with Crippen molar-refractivity contribution in [1.29, 1.82) is 0 Å². The zero-order valence-corrected chi connectivity index (χ0v) is 20.4. The molecule has 4 aromatic rings. The lowest BCUT2D eigenvalue weighted by Gasteiger charge is -2.34. The number of amides is 2. The van der Waals surface area contributed by atoms with Gasteiger partial charge in [-0.25, -0.2) is 9.50 Å². The van der Waals surface area contributed by atoms with Gasteiger partial charge in [0.1, 0.15) is 23.0 Å². The summed E-state index contributed by atoms with van der Waals surface area (Å²) in [6.45, 7) is -1.61. The summed E-state index contributed by atoms with van der Waals surface area (Å²) in [5.41, 5.74) is 0.920. The van der Waals surface area contributed by atoms with Crippen LogP contribution in [0.5, 0.6) is 5.75 Å². The lowest BCUT2D eigenvalue weighted by molar-refractivity contribution is -0.141. The number of fused-ring (bicyclic) bond motifs is 1. The number of nitrogens with one attached hydrogen (secondary N) is 1. The number of aromatic nitrogens is 5. The Labute approximate surface area is 218 Å². The average molecular weight is 544 g/mol. The lowest BCUT2D eigenvalue weighted by Crippen LogP contribution is -2.50. The molecule has 3 aromatic heterocycles. The fourth-order valence-corrected chi connectivity index (χ4v) is 4.77. The van der Waals surface area contributed by atoms with E-state index in [4.69, 9.17) is 21.1 Å². The van der Waals surface area contributed by atoms with Crippen LogP contribution in [0.15, 0.2) is 49.1 Å². The molecule has 38 heavy (non-hydrogen) atoms. The molecule has 0 spiro atoms. The summed E-state index contributed by atoms with van der Waals surface area (Å²) in [5, 5.41) is 11.7. The van der Waals surface area contributed by atoms with E-state index in [-0.39, 0.29) is 45.2 Å². The molecule has 0 radical (unpaired) electrons. The Morgan fingerprint density at radius 2 is 2.13 bits per heavy atom. The SMILES string of the molecule is O=C(Nc1cn([C@@H]2CCN(C3COC3)C2=O)nc1-c1cc(Cl)ccc1OC(F)F)c1cnn2cccnc12. The Balaban J connectivity index is 1.40. The first-order chi connectivity index (χ1) is 18.4. The molecule has 2 saturated heterocycles. The highest BCUT2D eigenvalue weighted by atomic mass is 35.5. The van der Waals surface area contributed by atoms with Gasteiger partial charge in [-0.2, -0.15) is 19.0 Å². The minimum absolute atomic E-state index is 0.0174. The molecule has 2 fully saturated rings. The molecule has 0 aliphatic carbocycles. The number of hydrogen-bond acceptors (Lipinski definition) is 7. The summed E-state index contributed by atoms with van der Waals surface area (Å²) < 4.78 is 39.2. The van der Waals surface area contributed by atoms with Gasteiger partial charge in [0, 0.05) is 29.5 Å². The first kappa shape index (κ1) is 24.2. The molecule has 0 bridgehead atoms. The van der Waals surface area contributed by atoms with Crippen molar-refractivity contribution >= 4 is 34.7 Å². The van der Waals surface area contributed by atoms with Gasteiger partial charge in [0.15, 0.2) is 5.65 Å². The number of likely N-dealkylation sites (tertiary alicyclic amines) is 1. The second kappa shape index (κ2) is 9.65. The van der Waals surface area contributed by atoms with Gasteiger partial charge >= 0.3 is 6.61 Å². The summed E-state index contributed by atoms with van der Waals surface area (Å²) in [6.07, 6.45) is 6.53. The monoisotopic (exact) mass is 543 g/mol. The first-order valence-electron chi connectivity index (χ1n) is 11.7. The zero-order valence-electron chi connectivity index (χ0n) is 19.6. The van der Waals surface area contributed by atoms with Crippen molar-refractivity contribution in [2.45, 2.75) is 25.1 Å². The van der Waals surface area contributed by atoms with Crippen LogP contribution in [0, 0.1) is 0 Å². The van der Waals surface area contributed by atoms with E-state index < -0.39 is 18.6 Å². The van der Waals surface area contributed by atoms with Crippen LogP contribution in [0.25, 0.3) is 16.9 Å². The number of benzene rings is 1. The average Bonchev–Trinajstić information content (AvgIpc) is 3.56. The van der Waals surface area contributed by atoms with Crippen molar-refractivity contribution in [3.8, 4) is 17.0 Å². The number of carbonyl (C=O) groups is 2. The molecular weight excluding hydrogens is 524 g/mol. The van der Waals surface area contributed by atoms with Crippen molar-refractivity contribution < 1.29 is 27.8 Å². The molecule has 1 aromatic carbocycles. The number of hydrogen-bond donors (Lipinski definition) is 1. The summed E-state index contributed by atoms with van der Waals surface area (Å²) in [4.78, 5) is 32.4. The van der Waals surface area contributed by atoms with E-state index >= 15 is 0 Å². The van der Waals surface area contributed by atoms with Gasteiger partial charge in [-0.3, -0.25) is 14.3 Å². The number of nitrogens with zero attached hydrogens (tertiary/aromatic N) is 6. The van der Waals surface area contributed by atoms with E-state index in [1.165, 1.54) is 46.0 Å². The maximum absolute atomic E-state index is 13.3. The molecule has 14 heteroatoms. The van der Waals surface area contributed by atoms with Gasteiger partial charge in [-0.15, -0.1) is 0 Å². The Morgan fingerprint density at radius 3 is 2.89 bits per heavy atom. The largest absolute Gasteiger partial charge is 0.434 e. The second-order valence-electron chi connectivity index (χ2n) is 8.82. The molecule has 1 atom stereocenters. The minimum atomic E-state index is -3.10. The van der Waals surface area contributed by atoms with Gasteiger partial charge in [0.25, 0.3) is 5.91 Å². The van der Waals surface area contributed by atoms with E-state index in [0.29, 0.717) is 31.8 Å². The molecule has 0 saturated carbocycles. The molecule has 2 amide bonds. The van der Waals surface area contributed by atoms with Crippen molar-refractivity contribution in [3.63, 3.8) is 0 Å². The number of ether oxygens (including phenoxy) is 2. The smallest absolute Gasteiger partial charge is 0.387 e. The van der Waals surface area contributed by atoms with E-state index in [0.717, 1.165) is 0 Å². The van der Waals surface area contributed by atoms with Gasteiger partial charge in [0.2, 0.25) is 5.91 Å². The molecule has 2 aliphatic heterocycles. The maximum Gasteiger partial charge on any atom is 0.387 e. The molecule has 0 unspecified atom stereocenters. The third-order valence-electron chi connectivity index (χ3n) is 6.51. The highest BCUT2D eigenvalue weighted by Gasteiger charge is 2.40. The second-order valence-corrected chi connectivity index (χ2v) is 9.25. The summed E-state index contributed by atoms with van der Waals surface area (Å²) >= 11 is 6.18. The third kappa shape index (κ3) is 4.33. The normalized spacial score (nSPS) is 17.8. The Hall–Kier alpha value is -4.10. The van der Waals surface area contributed by atoms with E-state index in [1.54, 1.807) is 17.2 Å². The van der Waals surface area contributed by atoms with Crippen LogP contribution in [0.2, 0.25) is 5.02 Å². The highest BCUT2D eigenvalue weighted by Crippen LogP contribution is 2.39.